The van der Waals surface area contributed by atoms with E-state index < -0.39 is 0 Å². The lowest BCUT2D eigenvalue weighted by molar-refractivity contribution is 0.475. The van der Waals surface area contributed by atoms with E-state index >= 15 is 0 Å². The minimum atomic E-state index is -0.114. The maximum absolute atomic E-state index is 13.3. The number of rotatable bonds is 3. The third-order valence-electron chi connectivity index (χ3n) is 5.21. The predicted molar refractivity (Wildman–Crippen MR) is 111 cm³/mol. The smallest absolute Gasteiger partial charge is 0.263 e. The highest BCUT2D eigenvalue weighted by Crippen LogP contribution is 2.25. The van der Waals surface area contributed by atoms with Gasteiger partial charge in [0.15, 0.2) is 0 Å². The molecule has 2 aromatic carbocycles. The average Bonchev–Trinajstić information content (AvgIpc) is 3.36. The highest BCUT2D eigenvalue weighted by molar-refractivity contribution is 9.10. The molecule has 7 nitrogen and oxygen atoms in total. The van der Waals surface area contributed by atoms with Crippen LogP contribution in [0.3, 0.4) is 0 Å². The summed E-state index contributed by atoms with van der Waals surface area (Å²) in [5, 5.41) is 19.0. The fourth-order valence-corrected chi connectivity index (χ4v) is 4.18. The molecule has 0 bridgehead atoms. The number of phenols is 1. The molecule has 2 aromatic heterocycles. The van der Waals surface area contributed by atoms with Crippen LogP contribution in [0.25, 0.3) is 16.7 Å². The molecule has 28 heavy (non-hydrogen) atoms. The highest BCUT2D eigenvalue weighted by Gasteiger charge is 2.22. The lowest BCUT2D eigenvalue weighted by Crippen LogP contribution is -2.26. The molecule has 3 heterocycles. The zero-order valence-electron chi connectivity index (χ0n) is 15.0. The van der Waals surface area contributed by atoms with Crippen LogP contribution in [-0.2, 0) is 6.54 Å². The number of aromatic hydroxyl groups is 1. The summed E-state index contributed by atoms with van der Waals surface area (Å²) in [6, 6.07) is 12.6. The van der Waals surface area contributed by atoms with Gasteiger partial charge in [-0.2, -0.15) is 0 Å². The number of halogens is 1. The van der Waals surface area contributed by atoms with Crippen molar-refractivity contribution in [3.8, 4) is 5.75 Å². The number of anilines is 1. The molecule has 1 fully saturated rings. The van der Waals surface area contributed by atoms with Gasteiger partial charge in [0.1, 0.15) is 5.75 Å². The average molecular weight is 440 g/mol. The van der Waals surface area contributed by atoms with Crippen LogP contribution >= 0.6 is 15.9 Å². The second-order valence-electron chi connectivity index (χ2n) is 7.05. The van der Waals surface area contributed by atoms with Crippen LogP contribution in [0.5, 0.6) is 5.75 Å². The van der Waals surface area contributed by atoms with Gasteiger partial charge in [-0.1, -0.05) is 28.1 Å². The van der Waals surface area contributed by atoms with Crippen LogP contribution in [-0.4, -0.2) is 37.4 Å². The molecule has 4 aromatic rings. The minimum absolute atomic E-state index is 0.114. The van der Waals surface area contributed by atoms with Crippen LogP contribution in [0.4, 0.5) is 5.95 Å². The van der Waals surface area contributed by atoms with E-state index in [1.165, 1.54) is 0 Å². The number of benzene rings is 2. The fraction of sp³-hybridized carbons (Fsp3) is 0.250. The first-order valence-electron chi connectivity index (χ1n) is 9.22. The lowest BCUT2D eigenvalue weighted by atomic mass is 10.2. The van der Waals surface area contributed by atoms with Gasteiger partial charge in [-0.25, -0.2) is 4.40 Å². The Morgan fingerprint density at radius 1 is 1.04 bits per heavy atom. The third-order valence-corrected chi connectivity index (χ3v) is 5.70. The molecule has 1 aliphatic heterocycles. The van der Waals surface area contributed by atoms with Crippen LogP contribution in [0.15, 0.2) is 51.7 Å². The quantitative estimate of drug-likeness (QED) is 0.530. The number of nitrogens with zero attached hydrogens (tertiary/aromatic N) is 5. The Morgan fingerprint density at radius 2 is 1.79 bits per heavy atom. The van der Waals surface area contributed by atoms with Crippen molar-refractivity contribution in [3.63, 3.8) is 0 Å². The molecular formula is C20H18BrN5O2. The van der Waals surface area contributed by atoms with E-state index in [1.807, 2.05) is 22.6 Å². The van der Waals surface area contributed by atoms with Crippen molar-refractivity contribution >= 4 is 38.6 Å². The summed E-state index contributed by atoms with van der Waals surface area (Å²) in [5.74, 6) is 1.50. The summed E-state index contributed by atoms with van der Waals surface area (Å²) in [6.45, 7) is 2.23. The Labute approximate surface area is 169 Å². The number of aromatic nitrogens is 4. The Hall–Kier alpha value is -2.87. The van der Waals surface area contributed by atoms with Crippen molar-refractivity contribution in [1.82, 2.24) is 19.2 Å². The van der Waals surface area contributed by atoms with Gasteiger partial charge in [0, 0.05) is 17.6 Å². The number of fused-ring (bicyclic) bond motifs is 3. The molecule has 1 aliphatic rings. The van der Waals surface area contributed by atoms with Crippen LogP contribution < -0.4 is 10.5 Å². The summed E-state index contributed by atoms with van der Waals surface area (Å²) >= 11 is 3.48. The molecule has 0 aliphatic carbocycles. The second-order valence-corrected chi connectivity index (χ2v) is 7.96. The molecule has 0 unspecified atom stereocenters. The minimum Gasteiger partial charge on any atom is -0.508 e. The van der Waals surface area contributed by atoms with Crippen molar-refractivity contribution in [3.05, 3.63) is 62.9 Å². The van der Waals surface area contributed by atoms with E-state index in [2.05, 4.69) is 31.0 Å². The predicted octanol–water partition coefficient (Wildman–Crippen LogP) is 3.16. The SMILES string of the molecule is O=c1c2cc(Br)ccc2n2c(N3CCCC3)nnc2n1Cc1ccc(O)cc1. The summed E-state index contributed by atoms with van der Waals surface area (Å²) in [4.78, 5) is 15.5. The van der Waals surface area contributed by atoms with Crippen LogP contribution in [0, 0.1) is 0 Å². The summed E-state index contributed by atoms with van der Waals surface area (Å²) < 4.78 is 4.48. The molecule has 0 saturated carbocycles. The lowest BCUT2D eigenvalue weighted by Gasteiger charge is -2.17. The van der Waals surface area contributed by atoms with Gasteiger partial charge >= 0.3 is 0 Å². The van der Waals surface area contributed by atoms with Crippen molar-refractivity contribution in [2.75, 3.05) is 18.0 Å². The number of hydrogen-bond acceptors (Lipinski definition) is 5. The van der Waals surface area contributed by atoms with E-state index in [0.717, 1.165) is 47.4 Å². The molecule has 142 valence electrons. The van der Waals surface area contributed by atoms with Crippen LogP contribution in [0.1, 0.15) is 18.4 Å². The maximum Gasteiger partial charge on any atom is 0.263 e. The largest absolute Gasteiger partial charge is 0.508 e. The van der Waals surface area contributed by atoms with Gasteiger partial charge in [0.25, 0.3) is 5.56 Å². The topological polar surface area (TPSA) is 75.7 Å². The van der Waals surface area contributed by atoms with Gasteiger partial charge in [-0.05, 0) is 48.7 Å². The van der Waals surface area contributed by atoms with Gasteiger partial charge in [-0.15, -0.1) is 10.2 Å². The van der Waals surface area contributed by atoms with Crippen molar-refractivity contribution in [2.45, 2.75) is 19.4 Å². The molecule has 5 rings (SSSR count). The maximum atomic E-state index is 13.3. The summed E-state index contributed by atoms with van der Waals surface area (Å²) in [7, 11) is 0. The van der Waals surface area contributed by atoms with Gasteiger partial charge in [0.05, 0.1) is 17.4 Å². The Bertz CT molecular complexity index is 1240. The van der Waals surface area contributed by atoms with E-state index in [9.17, 15) is 9.90 Å². The summed E-state index contributed by atoms with van der Waals surface area (Å²) in [5.41, 5.74) is 1.59. The van der Waals surface area contributed by atoms with Gasteiger partial charge < -0.3 is 10.0 Å². The van der Waals surface area contributed by atoms with E-state index in [1.54, 1.807) is 28.8 Å². The normalized spacial score (nSPS) is 14.4. The highest BCUT2D eigenvalue weighted by atomic mass is 79.9. The third kappa shape index (κ3) is 2.75. The molecule has 1 saturated heterocycles. The molecule has 0 radical (unpaired) electrons. The van der Waals surface area contributed by atoms with Crippen molar-refractivity contribution in [2.24, 2.45) is 0 Å². The van der Waals surface area contributed by atoms with E-state index in [-0.39, 0.29) is 11.3 Å². The Balaban J connectivity index is 1.79. The summed E-state index contributed by atoms with van der Waals surface area (Å²) in [6.07, 6.45) is 2.26. The first kappa shape index (κ1) is 17.2. The van der Waals surface area contributed by atoms with Gasteiger partial charge in [-0.3, -0.25) is 9.36 Å². The zero-order valence-corrected chi connectivity index (χ0v) is 16.6. The Kier molecular flexibility index (Phi) is 4.08. The molecular weight excluding hydrogens is 422 g/mol. The molecule has 0 spiro atoms. The second kappa shape index (κ2) is 6.63. The Morgan fingerprint density at radius 3 is 2.54 bits per heavy atom. The number of hydrogen-bond donors (Lipinski definition) is 1. The number of phenolic OH excluding ortho intramolecular Hbond substituents is 1. The van der Waals surface area contributed by atoms with Crippen molar-refractivity contribution in [1.29, 1.82) is 0 Å². The van der Waals surface area contributed by atoms with Gasteiger partial charge in [0.2, 0.25) is 11.7 Å². The molecule has 0 amide bonds. The molecule has 0 atom stereocenters. The fourth-order valence-electron chi connectivity index (χ4n) is 3.82. The first-order chi connectivity index (χ1) is 13.6. The monoisotopic (exact) mass is 439 g/mol. The van der Waals surface area contributed by atoms with Crippen molar-refractivity contribution < 1.29 is 5.11 Å². The molecule has 8 heteroatoms. The van der Waals surface area contributed by atoms with E-state index in [0.29, 0.717) is 17.7 Å². The first-order valence-corrected chi connectivity index (χ1v) is 10.0. The molecule has 1 N–H and O–H groups in total. The zero-order chi connectivity index (χ0) is 19.3. The standard InChI is InChI=1S/C20H18BrN5O2/c21-14-5-8-17-16(11-14)18(28)25(12-13-3-6-15(27)7-4-13)20-23-22-19(26(17)20)24-9-1-2-10-24/h3-8,11,27H,1-2,9-10,12H2. The van der Waals surface area contributed by atoms with Crippen LogP contribution in [0.2, 0.25) is 0 Å². The van der Waals surface area contributed by atoms with E-state index in [4.69, 9.17) is 0 Å².